The average molecular weight is 191 g/mol. The molecule has 0 unspecified atom stereocenters. The first kappa shape index (κ1) is 10.7. The molecule has 0 radical (unpaired) electrons. The van der Waals surface area contributed by atoms with Gasteiger partial charge in [-0.25, -0.2) is 4.79 Å². The number of halogens is 1. The van der Waals surface area contributed by atoms with Gasteiger partial charge in [0, 0.05) is 0 Å². The molecule has 0 heterocycles. The summed E-state index contributed by atoms with van der Waals surface area (Å²) in [5, 5.41) is 17.4. The summed E-state index contributed by atoms with van der Waals surface area (Å²) in [6.07, 6.45) is 0. The Balaban J connectivity index is 0.00000121. The Morgan fingerprint density at radius 2 is 2.00 bits per heavy atom. The van der Waals surface area contributed by atoms with Crippen LogP contribution in [0.5, 0.6) is 5.75 Å². The Labute approximate surface area is 73.3 Å². The highest BCUT2D eigenvalue weighted by atomic mass is 35.5. The van der Waals surface area contributed by atoms with E-state index in [2.05, 4.69) is 0 Å². The minimum atomic E-state index is -1.06. The van der Waals surface area contributed by atoms with E-state index in [0.717, 1.165) is 0 Å². The number of hydrogen-bond acceptors (Lipinski definition) is 2. The molecule has 0 saturated carbocycles. The van der Waals surface area contributed by atoms with Crippen LogP contribution in [-0.2, 0) is 0 Å². The molecule has 66 valence electrons. The molecule has 1 rings (SSSR count). The van der Waals surface area contributed by atoms with Gasteiger partial charge in [0.1, 0.15) is 5.75 Å². The second-order valence-corrected chi connectivity index (χ2v) is 2.38. The van der Waals surface area contributed by atoms with Gasteiger partial charge in [-0.15, -0.1) is 0 Å². The Morgan fingerprint density at radius 3 is 2.42 bits per heavy atom. The third-order valence-corrected chi connectivity index (χ3v) is 1.50. The summed E-state index contributed by atoms with van der Waals surface area (Å²) in [6, 6.07) is 3.72. The third-order valence-electron chi connectivity index (χ3n) is 1.19. The molecule has 0 bridgehead atoms. The van der Waals surface area contributed by atoms with Gasteiger partial charge in [-0.1, -0.05) is 11.6 Å². The molecule has 0 atom stereocenters. The second-order valence-electron chi connectivity index (χ2n) is 1.97. The van der Waals surface area contributed by atoms with Crippen molar-refractivity contribution < 1.29 is 20.5 Å². The predicted octanol–water partition coefficient (Wildman–Crippen LogP) is 0.919. The molecule has 0 aliphatic heterocycles. The molecule has 12 heavy (non-hydrogen) atoms. The van der Waals surface area contributed by atoms with Crippen LogP contribution < -0.4 is 0 Å². The molecule has 1 aromatic rings. The van der Waals surface area contributed by atoms with Crippen LogP contribution in [-0.4, -0.2) is 21.7 Å². The van der Waals surface area contributed by atoms with Gasteiger partial charge >= 0.3 is 5.97 Å². The van der Waals surface area contributed by atoms with Gasteiger partial charge in [0.05, 0.1) is 10.6 Å². The van der Waals surface area contributed by atoms with E-state index in [1.807, 2.05) is 0 Å². The van der Waals surface area contributed by atoms with Crippen LogP contribution in [0.25, 0.3) is 0 Å². The Kier molecular flexibility index (Phi) is 3.53. The maximum Gasteiger partial charge on any atom is 0.335 e. The number of carbonyl (C=O) groups is 1. The first-order valence-corrected chi connectivity index (χ1v) is 3.21. The number of carboxylic acids is 1. The van der Waals surface area contributed by atoms with Crippen molar-refractivity contribution in [3.8, 4) is 5.75 Å². The predicted molar refractivity (Wildman–Crippen MR) is 43.7 cm³/mol. The van der Waals surface area contributed by atoms with Crippen LogP contribution in [0, 0.1) is 0 Å². The second kappa shape index (κ2) is 3.94. The molecular formula is C7H7ClO4. The molecule has 0 aromatic heterocycles. The fourth-order valence-electron chi connectivity index (χ4n) is 0.640. The lowest BCUT2D eigenvalue weighted by Gasteiger charge is -1.96. The summed E-state index contributed by atoms with van der Waals surface area (Å²) in [6.45, 7) is 0. The third kappa shape index (κ3) is 2.11. The monoisotopic (exact) mass is 190 g/mol. The Bertz CT molecular complexity index is 297. The molecule has 0 aliphatic carbocycles. The zero-order chi connectivity index (χ0) is 8.43. The fraction of sp³-hybridized carbons (Fsp3) is 0. The molecule has 0 amide bonds. The number of aromatic hydroxyl groups is 1. The lowest BCUT2D eigenvalue weighted by molar-refractivity contribution is 0.0697. The van der Waals surface area contributed by atoms with E-state index < -0.39 is 5.97 Å². The minimum absolute atomic E-state index is 0. The van der Waals surface area contributed by atoms with Crippen LogP contribution in [0.1, 0.15) is 10.4 Å². The van der Waals surface area contributed by atoms with Crippen LogP contribution in [0.15, 0.2) is 18.2 Å². The summed E-state index contributed by atoms with van der Waals surface area (Å²) >= 11 is 5.44. The lowest BCUT2D eigenvalue weighted by Crippen LogP contribution is -1.94. The number of aromatic carboxylic acids is 1. The van der Waals surface area contributed by atoms with Gasteiger partial charge in [-0.2, -0.15) is 0 Å². The number of carboxylic acid groups (broad SMARTS) is 1. The summed E-state index contributed by atoms with van der Waals surface area (Å²) in [5.74, 6) is -1.18. The van der Waals surface area contributed by atoms with E-state index in [1.54, 1.807) is 0 Å². The van der Waals surface area contributed by atoms with E-state index in [-0.39, 0.29) is 21.8 Å². The number of hydrogen-bond donors (Lipinski definition) is 2. The van der Waals surface area contributed by atoms with Gasteiger partial charge in [0.15, 0.2) is 0 Å². The first-order valence-electron chi connectivity index (χ1n) is 2.83. The molecule has 0 fully saturated rings. The van der Waals surface area contributed by atoms with Gasteiger partial charge in [-0.05, 0) is 18.2 Å². The molecule has 1 aromatic carbocycles. The molecule has 0 spiro atoms. The lowest BCUT2D eigenvalue weighted by atomic mass is 10.2. The van der Waals surface area contributed by atoms with E-state index in [0.29, 0.717) is 0 Å². The highest BCUT2D eigenvalue weighted by molar-refractivity contribution is 6.32. The molecule has 5 heteroatoms. The van der Waals surface area contributed by atoms with Crippen molar-refractivity contribution in [3.05, 3.63) is 28.8 Å². The zero-order valence-electron chi connectivity index (χ0n) is 5.91. The molecule has 0 saturated heterocycles. The summed E-state index contributed by atoms with van der Waals surface area (Å²) in [4.78, 5) is 10.3. The Hall–Kier alpha value is -1.26. The van der Waals surface area contributed by atoms with Crippen molar-refractivity contribution in [2.24, 2.45) is 0 Å². The van der Waals surface area contributed by atoms with Gasteiger partial charge in [0.25, 0.3) is 0 Å². The maximum atomic E-state index is 10.3. The molecule has 4 N–H and O–H groups in total. The Morgan fingerprint density at radius 1 is 1.42 bits per heavy atom. The van der Waals surface area contributed by atoms with Crippen LogP contribution in [0.3, 0.4) is 0 Å². The van der Waals surface area contributed by atoms with Crippen molar-refractivity contribution in [2.45, 2.75) is 0 Å². The van der Waals surface area contributed by atoms with Crippen LogP contribution >= 0.6 is 11.6 Å². The van der Waals surface area contributed by atoms with Gasteiger partial charge in [-0.3, -0.25) is 0 Å². The molecule has 4 nitrogen and oxygen atoms in total. The number of phenolic OH excluding ortho intramolecular Hbond substituents is 1. The van der Waals surface area contributed by atoms with Gasteiger partial charge < -0.3 is 15.7 Å². The van der Waals surface area contributed by atoms with Crippen molar-refractivity contribution in [1.82, 2.24) is 0 Å². The maximum absolute atomic E-state index is 10.3. The van der Waals surface area contributed by atoms with Crippen molar-refractivity contribution in [3.63, 3.8) is 0 Å². The van der Waals surface area contributed by atoms with Crippen molar-refractivity contribution >= 4 is 17.6 Å². The zero-order valence-corrected chi connectivity index (χ0v) is 6.67. The SMILES string of the molecule is O.O=C(O)c1ccc(O)c(Cl)c1. The van der Waals surface area contributed by atoms with Crippen molar-refractivity contribution in [1.29, 1.82) is 0 Å². The van der Waals surface area contributed by atoms with Crippen molar-refractivity contribution in [2.75, 3.05) is 0 Å². The highest BCUT2D eigenvalue weighted by Gasteiger charge is 2.04. The number of rotatable bonds is 1. The van der Waals surface area contributed by atoms with Gasteiger partial charge in [0.2, 0.25) is 0 Å². The van der Waals surface area contributed by atoms with E-state index in [9.17, 15) is 4.79 Å². The highest BCUT2D eigenvalue weighted by Crippen LogP contribution is 2.23. The van der Waals surface area contributed by atoms with Crippen LogP contribution in [0.2, 0.25) is 5.02 Å². The number of benzene rings is 1. The number of phenols is 1. The first-order chi connectivity index (χ1) is 5.11. The molecular weight excluding hydrogens is 184 g/mol. The molecule has 0 aliphatic rings. The fourth-order valence-corrected chi connectivity index (χ4v) is 0.820. The smallest absolute Gasteiger partial charge is 0.335 e. The minimum Gasteiger partial charge on any atom is -0.506 e. The van der Waals surface area contributed by atoms with E-state index >= 15 is 0 Å². The average Bonchev–Trinajstić information content (AvgIpc) is 1.94. The quantitative estimate of drug-likeness (QED) is 0.690. The standard InChI is InChI=1S/C7H5ClO3.H2O/c8-5-3-4(7(10)11)1-2-6(5)9;/h1-3,9H,(H,10,11);1H2. The summed E-state index contributed by atoms with van der Waals surface area (Å²) in [5.41, 5.74) is 0.0628. The van der Waals surface area contributed by atoms with E-state index in [4.69, 9.17) is 21.8 Å². The van der Waals surface area contributed by atoms with E-state index in [1.165, 1.54) is 18.2 Å². The largest absolute Gasteiger partial charge is 0.506 e. The summed E-state index contributed by atoms with van der Waals surface area (Å²) in [7, 11) is 0. The van der Waals surface area contributed by atoms with Crippen LogP contribution in [0.4, 0.5) is 0 Å². The normalized spacial score (nSPS) is 8.75. The summed E-state index contributed by atoms with van der Waals surface area (Å²) < 4.78 is 0. The topological polar surface area (TPSA) is 89.0 Å².